The van der Waals surface area contributed by atoms with Crippen molar-refractivity contribution >= 4 is 11.7 Å². The lowest BCUT2D eigenvalue weighted by Crippen LogP contribution is -2.30. The number of nitrogens with zero attached hydrogens (tertiary/aromatic N) is 2. The number of aromatic nitrogens is 2. The minimum absolute atomic E-state index is 0.0314. The Kier molecular flexibility index (Phi) is 2.84. The lowest BCUT2D eigenvalue weighted by Gasteiger charge is -2.20. The van der Waals surface area contributed by atoms with Gasteiger partial charge in [-0.3, -0.25) is 4.79 Å². The first-order valence-electron chi connectivity index (χ1n) is 5.34. The van der Waals surface area contributed by atoms with Crippen LogP contribution in [0.2, 0.25) is 0 Å². The van der Waals surface area contributed by atoms with Crippen LogP contribution >= 0.6 is 0 Å². The fourth-order valence-electron chi connectivity index (χ4n) is 1.94. The Morgan fingerprint density at radius 2 is 2.29 bits per heavy atom. The third-order valence-electron chi connectivity index (χ3n) is 2.81. The van der Waals surface area contributed by atoms with Crippen molar-refractivity contribution in [1.82, 2.24) is 9.55 Å². The summed E-state index contributed by atoms with van der Waals surface area (Å²) in [6.45, 7) is 1.97. The second-order valence-electron chi connectivity index (χ2n) is 4.14. The summed E-state index contributed by atoms with van der Waals surface area (Å²) < 4.78 is 38.0. The van der Waals surface area contributed by atoms with Gasteiger partial charge in [-0.25, -0.2) is 4.98 Å². The Morgan fingerprint density at radius 1 is 1.59 bits per heavy atom. The highest BCUT2D eigenvalue weighted by molar-refractivity contribution is 5.94. The summed E-state index contributed by atoms with van der Waals surface area (Å²) in [4.78, 5) is 14.7. The van der Waals surface area contributed by atoms with E-state index in [0.29, 0.717) is 0 Å². The number of nitrogens with one attached hydrogen (secondary N) is 1. The van der Waals surface area contributed by atoms with Crippen molar-refractivity contribution < 1.29 is 18.0 Å². The number of imidazole rings is 1. The van der Waals surface area contributed by atoms with E-state index in [0.717, 1.165) is 25.1 Å². The molecule has 1 atom stereocenters. The molecule has 0 spiro atoms. The summed E-state index contributed by atoms with van der Waals surface area (Å²) >= 11 is 0. The van der Waals surface area contributed by atoms with Gasteiger partial charge in [-0.2, -0.15) is 13.2 Å². The maximum atomic E-state index is 12.0. The zero-order valence-corrected chi connectivity index (χ0v) is 9.21. The third kappa shape index (κ3) is 2.42. The van der Waals surface area contributed by atoms with Crippen LogP contribution in [0.4, 0.5) is 19.0 Å². The second-order valence-corrected chi connectivity index (χ2v) is 4.14. The van der Waals surface area contributed by atoms with Gasteiger partial charge in [-0.05, 0) is 19.8 Å². The van der Waals surface area contributed by atoms with Crippen LogP contribution in [0.1, 0.15) is 31.6 Å². The molecule has 1 amide bonds. The van der Waals surface area contributed by atoms with E-state index in [1.54, 1.807) is 5.32 Å². The Hall–Kier alpha value is -1.53. The van der Waals surface area contributed by atoms with Crippen LogP contribution in [0.5, 0.6) is 0 Å². The largest absolute Gasteiger partial charge is 0.471 e. The van der Waals surface area contributed by atoms with E-state index in [1.165, 1.54) is 6.20 Å². The lowest BCUT2D eigenvalue weighted by molar-refractivity contribution is -0.167. The van der Waals surface area contributed by atoms with Crippen LogP contribution in [-0.2, 0) is 11.2 Å². The van der Waals surface area contributed by atoms with Crippen LogP contribution < -0.4 is 5.32 Å². The van der Waals surface area contributed by atoms with Crippen LogP contribution in [0.25, 0.3) is 0 Å². The number of halogens is 3. The predicted octanol–water partition coefficient (Wildman–Crippen LogP) is 2.28. The molecule has 1 aliphatic heterocycles. The monoisotopic (exact) mass is 247 g/mol. The normalized spacial score (nSPS) is 19.9. The van der Waals surface area contributed by atoms with E-state index >= 15 is 0 Å². The molecule has 2 heterocycles. The number of carbonyl (C=O) groups excluding carboxylic acids is 1. The average Bonchev–Trinajstić information content (AvgIpc) is 2.60. The predicted molar refractivity (Wildman–Crippen MR) is 54.6 cm³/mol. The van der Waals surface area contributed by atoms with Gasteiger partial charge in [0.1, 0.15) is 5.82 Å². The van der Waals surface area contributed by atoms with E-state index in [-0.39, 0.29) is 11.9 Å². The van der Waals surface area contributed by atoms with Crippen molar-refractivity contribution in [3.05, 3.63) is 12.0 Å². The fraction of sp³-hybridized carbons (Fsp3) is 0.600. The highest BCUT2D eigenvalue weighted by atomic mass is 19.4. The summed E-state index contributed by atoms with van der Waals surface area (Å²) in [5.74, 6) is -1.29. The van der Waals surface area contributed by atoms with E-state index < -0.39 is 12.1 Å². The highest BCUT2D eigenvalue weighted by Crippen LogP contribution is 2.26. The molecule has 1 N–H and O–H groups in total. The maximum Gasteiger partial charge on any atom is 0.471 e. The smallest absolute Gasteiger partial charge is 0.330 e. The zero-order valence-electron chi connectivity index (χ0n) is 9.21. The highest BCUT2D eigenvalue weighted by Gasteiger charge is 2.39. The standard InChI is InChI=1S/C10H12F3N3O/c1-6-3-2-4-8-14-7(5-16(6)8)15-9(17)10(11,12)13/h5-6H,2-4H2,1H3,(H,15,17). The van der Waals surface area contributed by atoms with Crippen LogP contribution in [0.3, 0.4) is 0 Å². The van der Waals surface area contributed by atoms with Gasteiger partial charge in [-0.15, -0.1) is 0 Å². The first-order chi connectivity index (χ1) is 7.88. The third-order valence-corrected chi connectivity index (χ3v) is 2.81. The molecule has 1 aromatic rings. The topological polar surface area (TPSA) is 46.9 Å². The molecule has 2 rings (SSSR count). The summed E-state index contributed by atoms with van der Waals surface area (Å²) in [5, 5.41) is 1.76. The molecule has 1 aromatic heterocycles. The molecule has 1 aliphatic rings. The molecule has 1 unspecified atom stereocenters. The minimum Gasteiger partial charge on any atom is -0.330 e. The van der Waals surface area contributed by atoms with E-state index in [9.17, 15) is 18.0 Å². The van der Waals surface area contributed by atoms with Crippen molar-refractivity contribution in [3.63, 3.8) is 0 Å². The van der Waals surface area contributed by atoms with Crippen molar-refractivity contribution in [2.24, 2.45) is 0 Å². The first kappa shape index (κ1) is 11.9. The average molecular weight is 247 g/mol. The number of hydrogen-bond donors (Lipinski definition) is 1. The van der Waals surface area contributed by atoms with Gasteiger partial charge in [0.25, 0.3) is 0 Å². The summed E-state index contributed by atoms with van der Waals surface area (Å²) in [6, 6.07) is 0.211. The molecule has 0 saturated heterocycles. The lowest BCUT2D eigenvalue weighted by atomic mass is 10.1. The van der Waals surface area contributed by atoms with Crippen LogP contribution in [-0.4, -0.2) is 21.6 Å². The number of alkyl halides is 3. The maximum absolute atomic E-state index is 12.0. The SMILES string of the molecule is CC1CCCc2nc(NC(=O)C(F)(F)F)cn21. The second kappa shape index (κ2) is 4.05. The van der Waals surface area contributed by atoms with Crippen molar-refractivity contribution in [2.75, 3.05) is 5.32 Å². The summed E-state index contributed by atoms with van der Waals surface area (Å²) in [7, 11) is 0. The van der Waals surface area contributed by atoms with Gasteiger partial charge in [0.15, 0.2) is 5.82 Å². The Labute approximate surface area is 95.8 Å². The van der Waals surface area contributed by atoms with Crippen molar-refractivity contribution in [2.45, 2.75) is 38.4 Å². The number of aryl methyl sites for hydroxylation is 1. The van der Waals surface area contributed by atoms with Gasteiger partial charge >= 0.3 is 12.1 Å². The molecule has 0 fully saturated rings. The van der Waals surface area contributed by atoms with E-state index in [2.05, 4.69) is 4.98 Å². The van der Waals surface area contributed by atoms with Crippen LogP contribution in [0, 0.1) is 0 Å². The van der Waals surface area contributed by atoms with E-state index in [1.807, 2.05) is 11.5 Å². The van der Waals surface area contributed by atoms with E-state index in [4.69, 9.17) is 0 Å². The van der Waals surface area contributed by atoms with Gasteiger partial charge in [0.2, 0.25) is 0 Å². The summed E-state index contributed by atoms with van der Waals surface area (Å²) in [5.41, 5.74) is 0. The molecular formula is C10H12F3N3O. The fourth-order valence-corrected chi connectivity index (χ4v) is 1.94. The minimum atomic E-state index is -4.88. The van der Waals surface area contributed by atoms with Gasteiger partial charge in [0, 0.05) is 18.7 Å². The Balaban J connectivity index is 2.16. The molecule has 0 aromatic carbocycles. The quantitative estimate of drug-likeness (QED) is 0.827. The number of hydrogen-bond acceptors (Lipinski definition) is 2. The Morgan fingerprint density at radius 3 is 2.88 bits per heavy atom. The number of rotatable bonds is 1. The molecule has 0 aliphatic carbocycles. The van der Waals surface area contributed by atoms with Gasteiger partial charge in [-0.1, -0.05) is 0 Å². The Bertz CT molecular complexity index is 438. The van der Waals surface area contributed by atoms with Gasteiger partial charge in [0.05, 0.1) is 0 Å². The van der Waals surface area contributed by atoms with Gasteiger partial charge < -0.3 is 9.88 Å². The molecule has 7 heteroatoms. The molecule has 0 radical (unpaired) electrons. The van der Waals surface area contributed by atoms with Crippen LogP contribution in [0.15, 0.2) is 6.20 Å². The molecular weight excluding hydrogens is 235 g/mol. The number of fused-ring (bicyclic) bond motifs is 1. The number of carbonyl (C=O) groups is 1. The molecule has 0 saturated carbocycles. The zero-order chi connectivity index (χ0) is 12.6. The first-order valence-corrected chi connectivity index (χ1v) is 5.34. The number of anilines is 1. The summed E-state index contributed by atoms with van der Waals surface area (Å²) in [6.07, 6.45) is -0.758. The molecule has 4 nitrogen and oxygen atoms in total. The van der Waals surface area contributed by atoms with Crippen molar-refractivity contribution in [3.8, 4) is 0 Å². The van der Waals surface area contributed by atoms with Crippen molar-refractivity contribution in [1.29, 1.82) is 0 Å². The number of amides is 1. The molecule has 0 bridgehead atoms. The molecule has 17 heavy (non-hydrogen) atoms. The molecule has 94 valence electrons.